The van der Waals surface area contributed by atoms with Crippen molar-refractivity contribution in [2.24, 2.45) is 0 Å². The molecular formula is C20H11ClN4OS2. The summed E-state index contributed by atoms with van der Waals surface area (Å²) in [5.41, 5.74) is 3.31. The monoisotopic (exact) mass is 422 g/mol. The summed E-state index contributed by atoms with van der Waals surface area (Å²) >= 11 is 13.3. The third-order valence-corrected chi connectivity index (χ3v) is 6.06. The van der Waals surface area contributed by atoms with Gasteiger partial charge in [-0.2, -0.15) is 0 Å². The number of hydrogen-bond donors (Lipinski definition) is 2. The third kappa shape index (κ3) is 2.75. The average Bonchev–Trinajstić information content (AvgIpc) is 3.11. The Kier molecular flexibility index (Phi) is 4.08. The first-order chi connectivity index (χ1) is 13.6. The quantitative estimate of drug-likeness (QED) is 0.364. The van der Waals surface area contributed by atoms with Gasteiger partial charge in [0, 0.05) is 10.6 Å². The van der Waals surface area contributed by atoms with Crippen LogP contribution in [0.4, 0.5) is 0 Å². The van der Waals surface area contributed by atoms with E-state index >= 15 is 0 Å². The lowest BCUT2D eigenvalue weighted by Gasteiger charge is -2.11. The van der Waals surface area contributed by atoms with Gasteiger partial charge in [0.25, 0.3) is 5.56 Å². The molecule has 3 heterocycles. The zero-order chi connectivity index (χ0) is 19.3. The van der Waals surface area contributed by atoms with Crippen LogP contribution in [0.1, 0.15) is 0 Å². The van der Waals surface area contributed by atoms with Gasteiger partial charge in [-0.25, -0.2) is 9.97 Å². The fraction of sp³-hybridized carbons (Fsp3) is 0. The molecule has 0 amide bonds. The molecule has 5 rings (SSSR count). The van der Waals surface area contributed by atoms with Gasteiger partial charge in [0.15, 0.2) is 0 Å². The number of hydrogen-bond acceptors (Lipinski definition) is 5. The maximum Gasteiger partial charge on any atom is 0.260 e. The van der Waals surface area contributed by atoms with Crippen LogP contribution < -0.4 is 5.56 Å². The molecule has 8 heteroatoms. The van der Waals surface area contributed by atoms with Crippen LogP contribution in [0.5, 0.6) is 0 Å². The van der Waals surface area contributed by atoms with Crippen molar-refractivity contribution in [3.63, 3.8) is 0 Å². The molecule has 28 heavy (non-hydrogen) atoms. The Balaban J connectivity index is 1.96. The van der Waals surface area contributed by atoms with E-state index in [-0.39, 0.29) is 5.56 Å². The minimum Gasteiger partial charge on any atom is -0.330 e. The molecule has 0 spiro atoms. The smallest absolute Gasteiger partial charge is 0.260 e. The summed E-state index contributed by atoms with van der Waals surface area (Å²) in [6, 6.07) is 15.2. The number of rotatable bonds is 2. The molecule has 5 aromatic rings. The maximum atomic E-state index is 12.7. The first-order valence-corrected chi connectivity index (χ1v) is 9.97. The Morgan fingerprint density at radius 1 is 1.04 bits per heavy atom. The van der Waals surface area contributed by atoms with Crippen LogP contribution in [0.2, 0.25) is 5.02 Å². The number of H-pyrrole nitrogens is 2. The molecule has 0 aliphatic rings. The predicted molar refractivity (Wildman–Crippen MR) is 117 cm³/mol. The molecule has 3 aromatic heterocycles. The van der Waals surface area contributed by atoms with Crippen molar-refractivity contribution in [3.8, 4) is 21.7 Å². The molecule has 0 saturated heterocycles. The van der Waals surface area contributed by atoms with Gasteiger partial charge in [-0.05, 0) is 29.8 Å². The zero-order valence-corrected chi connectivity index (χ0v) is 16.6. The van der Waals surface area contributed by atoms with Crippen molar-refractivity contribution in [2.75, 3.05) is 0 Å². The summed E-state index contributed by atoms with van der Waals surface area (Å²) in [4.78, 5) is 27.5. The molecule has 0 saturated carbocycles. The van der Waals surface area contributed by atoms with Crippen LogP contribution in [0, 0.1) is 4.64 Å². The molecule has 0 bridgehead atoms. The number of nitrogens with zero attached hydrogens (tertiary/aromatic N) is 2. The van der Waals surface area contributed by atoms with Crippen molar-refractivity contribution in [1.29, 1.82) is 0 Å². The lowest BCUT2D eigenvalue weighted by molar-refractivity contribution is 1.14. The molecule has 0 fully saturated rings. The van der Waals surface area contributed by atoms with E-state index in [0.29, 0.717) is 31.8 Å². The number of thiazole rings is 1. The van der Waals surface area contributed by atoms with E-state index in [9.17, 15) is 4.79 Å². The first kappa shape index (κ1) is 17.2. The highest BCUT2D eigenvalue weighted by Gasteiger charge is 2.20. The summed E-state index contributed by atoms with van der Waals surface area (Å²) in [6.45, 7) is 0. The summed E-state index contributed by atoms with van der Waals surface area (Å²) in [7, 11) is 0. The largest absolute Gasteiger partial charge is 0.330 e. The van der Waals surface area contributed by atoms with Crippen LogP contribution in [0.15, 0.2) is 59.7 Å². The maximum absolute atomic E-state index is 12.7. The van der Waals surface area contributed by atoms with Crippen molar-refractivity contribution in [1.82, 2.24) is 19.9 Å². The molecule has 0 aliphatic carbocycles. The fourth-order valence-electron chi connectivity index (χ4n) is 3.22. The van der Waals surface area contributed by atoms with E-state index in [2.05, 4.69) is 15.0 Å². The molecular weight excluding hydrogens is 412 g/mol. The van der Waals surface area contributed by atoms with E-state index in [4.69, 9.17) is 28.8 Å². The van der Waals surface area contributed by atoms with Crippen LogP contribution in [0.25, 0.3) is 42.9 Å². The number of pyridine rings is 1. The number of benzene rings is 2. The summed E-state index contributed by atoms with van der Waals surface area (Å²) in [5, 5.41) is 1.80. The highest BCUT2D eigenvalue weighted by molar-refractivity contribution is 7.71. The van der Waals surface area contributed by atoms with Crippen molar-refractivity contribution < 1.29 is 0 Å². The van der Waals surface area contributed by atoms with E-state index in [1.807, 2.05) is 36.4 Å². The zero-order valence-electron chi connectivity index (χ0n) is 14.2. The second kappa shape index (κ2) is 6.63. The van der Waals surface area contributed by atoms with Crippen molar-refractivity contribution >= 4 is 56.4 Å². The third-order valence-electron chi connectivity index (χ3n) is 4.45. The van der Waals surface area contributed by atoms with E-state index in [0.717, 1.165) is 20.8 Å². The standard InChI is InChI=1S/C20H11ClN4OS2/c21-11-7-5-10(6-8-11)14-15-17(22-9-23-18(15)26)25-19(27)16(14)20-24-12-3-1-2-4-13(12)28-20/h1-9H,(H2,22,23,25,26,27). The van der Waals surface area contributed by atoms with Gasteiger partial charge in [0.1, 0.15) is 15.3 Å². The molecule has 0 aliphatic heterocycles. The Morgan fingerprint density at radius 3 is 2.61 bits per heavy atom. The molecule has 2 N–H and O–H groups in total. The van der Waals surface area contributed by atoms with Gasteiger partial charge in [-0.15, -0.1) is 11.3 Å². The van der Waals surface area contributed by atoms with Crippen LogP contribution in [-0.4, -0.2) is 19.9 Å². The molecule has 136 valence electrons. The summed E-state index contributed by atoms with van der Waals surface area (Å²) in [5.74, 6) is 0. The Labute approximate surface area is 172 Å². The predicted octanol–water partition coefficient (Wildman–Crippen LogP) is 5.58. The molecule has 2 aromatic carbocycles. The lowest BCUT2D eigenvalue weighted by atomic mass is 9.98. The number of para-hydroxylation sites is 1. The Morgan fingerprint density at radius 2 is 1.82 bits per heavy atom. The number of aromatic nitrogens is 4. The van der Waals surface area contributed by atoms with Crippen molar-refractivity contribution in [3.05, 3.63) is 74.9 Å². The Bertz CT molecular complexity index is 1440. The first-order valence-electron chi connectivity index (χ1n) is 8.37. The van der Waals surface area contributed by atoms with Gasteiger partial charge < -0.3 is 9.97 Å². The number of fused-ring (bicyclic) bond motifs is 2. The number of nitrogens with one attached hydrogen (secondary N) is 2. The Hall–Kier alpha value is -2.87. The topological polar surface area (TPSA) is 74.4 Å². The normalized spacial score (nSPS) is 11.3. The number of halogens is 1. The van der Waals surface area contributed by atoms with Gasteiger partial charge in [-0.3, -0.25) is 4.79 Å². The van der Waals surface area contributed by atoms with Gasteiger partial charge >= 0.3 is 0 Å². The fourth-order valence-corrected chi connectivity index (χ4v) is 4.73. The van der Waals surface area contributed by atoms with Crippen molar-refractivity contribution in [2.45, 2.75) is 0 Å². The van der Waals surface area contributed by atoms with Gasteiger partial charge in [0.05, 0.1) is 27.5 Å². The van der Waals surface area contributed by atoms with Crippen LogP contribution in [-0.2, 0) is 0 Å². The van der Waals surface area contributed by atoms with Gasteiger partial charge in [0.2, 0.25) is 0 Å². The highest BCUT2D eigenvalue weighted by Crippen LogP contribution is 2.39. The van der Waals surface area contributed by atoms with Crippen LogP contribution >= 0.6 is 35.2 Å². The van der Waals surface area contributed by atoms with Crippen LogP contribution in [0.3, 0.4) is 0 Å². The SMILES string of the molecule is O=c1[nH]cnc2[nH]c(=S)c(-c3nc4ccccc4s3)c(-c3ccc(Cl)cc3)c12. The van der Waals surface area contributed by atoms with E-state index < -0.39 is 0 Å². The molecule has 5 nitrogen and oxygen atoms in total. The number of aromatic amines is 2. The molecule has 0 atom stereocenters. The van der Waals surface area contributed by atoms with E-state index in [1.54, 1.807) is 12.1 Å². The highest BCUT2D eigenvalue weighted by atomic mass is 35.5. The van der Waals surface area contributed by atoms with Gasteiger partial charge in [-0.1, -0.05) is 48.1 Å². The minimum absolute atomic E-state index is 0.247. The summed E-state index contributed by atoms with van der Waals surface area (Å²) < 4.78 is 1.53. The second-order valence-electron chi connectivity index (χ2n) is 6.15. The van der Waals surface area contributed by atoms with E-state index in [1.165, 1.54) is 17.7 Å². The molecule has 0 unspecified atom stereocenters. The molecule has 0 radical (unpaired) electrons. The average molecular weight is 423 g/mol. The second-order valence-corrected chi connectivity index (χ2v) is 8.03. The summed E-state index contributed by atoms with van der Waals surface area (Å²) in [6.07, 6.45) is 1.36. The minimum atomic E-state index is -0.247. The lowest BCUT2D eigenvalue weighted by Crippen LogP contribution is -2.10.